The summed E-state index contributed by atoms with van der Waals surface area (Å²) < 4.78 is 5.35. The largest absolute Gasteiger partial charge is 0.381 e. The zero-order valence-electron chi connectivity index (χ0n) is 9.56. The van der Waals surface area contributed by atoms with Gasteiger partial charge in [-0.05, 0) is 44.7 Å². The Kier molecular flexibility index (Phi) is 7.06. The van der Waals surface area contributed by atoms with Crippen LogP contribution in [0.2, 0.25) is 0 Å². The van der Waals surface area contributed by atoms with E-state index in [1.165, 1.54) is 51.6 Å². The molecule has 2 nitrogen and oxygen atoms in total. The van der Waals surface area contributed by atoms with Crippen molar-refractivity contribution in [1.29, 1.82) is 0 Å². The molecule has 1 aliphatic heterocycles. The van der Waals surface area contributed by atoms with Crippen molar-refractivity contribution >= 4 is 0 Å². The molecule has 0 aromatic carbocycles. The van der Waals surface area contributed by atoms with Crippen molar-refractivity contribution in [3.05, 3.63) is 0 Å². The first-order valence-corrected chi connectivity index (χ1v) is 6.22. The summed E-state index contributed by atoms with van der Waals surface area (Å²) in [6, 6.07) is 0. The molecule has 0 radical (unpaired) electrons. The zero-order chi connectivity index (χ0) is 10.1. The number of hydrogen-bond donors (Lipinski definition) is 1. The molecule has 0 aliphatic carbocycles. The average molecular weight is 199 g/mol. The summed E-state index contributed by atoms with van der Waals surface area (Å²) in [5, 5.41) is 3.45. The van der Waals surface area contributed by atoms with E-state index in [0.29, 0.717) is 0 Å². The minimum atomic E-state index is 0.954. The van der Waals surface area contributed by atoms with Crippen molar-refractivity contribution in [1.82, 2.24) is 5.32 Å². The normalized spacial score (nSPS) is 18.6. The van der Waals surface area contributed by atoms with Gasteiger partial charge in [0.05, 0.1) is 0 Å². The van der Waals surface area contributed by atoms with Crippen LogP contribution in [0.1, 0.15) is 45.4 Å². The average Bonchev–Trinajstić information content (AvgIpc) is 2.25. The third kappa shape index (κ3) is 5.61. The second-order valence-electron chi connectivity index (χ2n) is 4.30. The van der Waals surface area contributed by atoms with Crippen LogP contribution in [0.15, 0.2) is 0 Å². The van der Waals surface area contributed by atoms with Gasteiger partial charge in [-0.3, -0.25) is 0 Å². The topological polar surface area (TPSA) is 21.3 Å². The van der Waals surface area contributed by atoms with Crippen LogP contribution < -0.4 is 5.32 Å². The minimum absolute atomic E-state index is 0.954. The first-order valence-electron chi connectivity index (χ1n) is 6.22. The highest BCUT2D eigenvalue weighted by atomic mass is 16.5. The number of rotatable bonds is 7. The third-order valence-electron chi connectivity index (χ3n) is 2.98. The van der Waals surface area contributed by atoms with Gasteiger partial charge in [0.1, 0.15) is 0 Å². The van der Waals surface area contributed by atoms with E-state index in [-0.39, 0.29) is 0 Å². The van der Waals surface area contributed by atoms with E-state index in [1.54, 1.807) is 0 Å². The first-order chi connectivity index (χ1) is 6.93. The molecule has 1 rings (SSSR count). The smallest absolute Gasteiger partial charge is 0.0468 e. The molecular weight excluding hydrogens is 174 g/mol. The van der Waals surface area contributed by atoms with E-state index in [9.17, 15) is 0 Å². The molecule has 0 bridgehead atoms. The summed E-state index contributed by atoms with van der Waals surface area (Å²) in [5.74, 6) is 0.954. The lowest BCUT2D eigenvalue weighted by Gasteiger charge is -2.21. The van der Waals surface area contributed by atoms with Crippen molar-refractivity contribution < 1.29 is 4.74 Å². The SMILES string of the molecule is CCCNCCCCC1CCOCC1. The quantitative estimate of drug-likeness (QED) is 0.636. The molecule has 1 N–H and O–H groups in total. The summed E-state index contributed by atoms with van der Waals surface area (Å²) in [6.07, 6.45) is 7.99. The molecule has 0 unspecified atom stereocenters. The molecule has 1 fully saturated rings. The lowest BCUT2D eigenvalue weighted by molar-refractivity contribution is 0.0632. The molecule has 0 amide bonds. The molecule has 0 saturated carbocycles. The predicted octanol–water partition coefficient (Wildman–Crippen LogP) is 2.58. The highest BCUT2D eigenvalue weighted by Crippen LogP contribution is 2.20. The van der Waals surface area contributed by atoms with Gasteiger partial charge in [0.15, 0.2) is 0 Å². The van der Waals surface area contributed by atoms with Gasteiger partial charge < -0.3 is 10.1 Å². The number of ether oxygens (including phenoxy) is 1. The van der Waals surface area contributed by atoms with Crippen LogP contribution in [0.3, 0.4) is 0 Å². The third-order valence-corrected chi connectivity index (χ3v) is 2.98. The van der Waals surface area contributed by atoms with Gasteiger partial charge in [-0.1, -0.05) is 19.8 Å². The maximum atomic E-state index is 5.35. The van der Waals surface area contributed by atoms with Crippen LogP contribution in [0.5, 0.6) is 0 Å². The van der Waals surface area contributed by atoms with Crippen LogP contribution in [0.25, 0.3) is 0 Å². The molecule has 14 heavy (non-hydrogen) atoms. The Morgan fingerprint density at radius 3 is 2.64 bits per heavy atom. The zero-order valence-corrected chi connectivity index (χ0v) is 9.56. The second-order valence-corrected chi connectivity index (χ2v) is 4.30. The van der Waals surface area contributed by atoms with Crippen molar-refractivity contribution in [2.45, 2.75) is 45.4 Å². The van der Waals surface area contributed by atoms with Crippen LogP contribution in [-0.2, 0) is 4.74 Å². The fourth-order valence-electron chi connectivity index (χ4n) is 2.02. The van der Waals surface area contributed by atoms with E-state index in [0.717, 1.165) is 19.1 Å². The molecule has 1 saturated heterocycles. The highest BCUT2D eigenvalue weighted by Gasteiger charge is 2.12. The van der Waals surface area contributed by atoms with Gasteiger partial charge >= 0.3 is 0 Å². The monoisotopic (exact) mass is 199 g/mol. The number of nitrogens with one attached hydrogen (secondary N) is 1. The predicted molar refractivity (Wildman–Crippen MR) is 60.6 cm³/mol. The highest BCUT2D eigenvalue weighted by molar-refractivity contribution is 4.63. The summed E-state index contributed by atoms with van der Waals surface area (Å²) in [4.78, 5) is 0. The van der Waals surface area contributed by atoms with Crippen LogP contribution in [0.4, 0.5) is 0 Å². The molecule has 0 aromatic heterocycles. The summed E-state index contributed by atoms with van der Waals surface area (Å²) in [5.41, 5.74) is 0. The van der Waals surface area contributed by atoms with Crippen LogP contribution in [0, 0.1) is 5.92 Å². The summed E-state index contributed by atoms with van der Waals surface area (Å²) in [6.45, 7) is 6.60. The Morgan fingerprint density at radius 2 is 1.93 bits per heavy atom. The fourth-order valence-corrected chi connectivity index (χ4v) is 2.02. The van der Waals surface area contributed by atoms with Crippen molar-refractivity contribution in [3.8, 4) is 0 Å². The van der Waals surface area contributed by atoms with Gasteiger partial charge in [-0.25, -0.2) is 0 Å². The maximum absolute atomic E-state index is 5.35. The lowest BCUT2D eigenvalue weighted by Crippen LogP contribution is -2.18. The Balaban J connectivity index is 1.82. The number of hydrogen-bond acceptors (Lipinski definition) is 2. The Bertz CT molecular complexity index is 121. The van der Waals surface area contributed by atoms with E-state index in [4.69, 9.17) is 4.74 Å². The van der Waals surface area contributed by atoms with Gasteiger partial charge in [0.2, 0.25) is 0 Å². The van der Waals surface area contributed by atoms with E-state index in [2.05, 4.69) is 12.2 Å². The molecule has 2 heteroatoms. The van der Waals surface area contributed by atoms with E-state index in [1.807, 2.05) is 0 Å². The number of unbranched alkanes of at least 4 members (excludes halogenated alkanes) is 1. The van der Waals surface area contributed by atoms with Gasteiger partial charge in [0.25, 0.3) is 0 Å². The van der Waals surface area contributed by atoms with Gasteiger partial charge in [-0.2, -0.15) is 0 Å². The Morgan fingerprint density at radius 1 is 1.14 bits per heavy atom. The van der Waals surface area contributed by atoms with Crippen LogP contribution in [-0.4, -0.2) is 26.3 Å². The molecule has 1 aliphatic rings. The molecule has 0 aromatic rings. The van der Waals surface area contributed by atoms with Crippen LogP contribution >= 0.6 is 0 Å². The Labute approximate surface area is 88.4 Å². The second kappa shape index (κ2) is 8.25. The van der Waals surface area contributed by atoms with Gasteiger partial charge in [-0.15, -0.1) is 0 Å². The lowest BCUT2D eigenvalue weighted by atomic mass is 9.94. The molecular formula is C12H25NO. The summed E-state index contributed by atoms with van der Waals surface area (Å²) >= 11 is 0. The first kappa shape index (κ1) is 12.0. The maximum Gasteiger partial charge on any atom is 0.0468 e. The molecule has 1 heterocycles. The standard InChI is InChI=1S/C12H25NO/c1-2-8-13-9-4-3-5-12-6-10-14-11-7-12/h12-13H,2-11H2,1H3. The Hall–Kier alpha value is -0.0800. The molecule has 0 atom stereocenters. The molecule has 0 spiro atoms. The minimum Gasteiger partial charge on any atom is -0.381 e. The van der Waals surface area contributed by atoms with Crippen molar-refractivity contribution in [3.63, 3.8) is 0 Å². The van der Waals surface area contributed by atoms with Gasteiger partial charge in [0, 0.05) is 13.2 Å². The van der Waals surface area contributed by atoms with E-state index >= 15 is 0 Å². The van der Waals surface area contributed by atoms with E-state index < -0.39 is 0 Å². The summed E-state index contributed by atoms with van der Waals surface area (Å²) in [7, 11) is 0. The van der Waals surface area contributed by atoms with Crippen molar-refractivity contribution in [2.24, 2.45) is 5.92 Å². The fraction of sp³-hybridized carbons (Fsp3) is 1.00. The van der Waals surface area contributed by atoms with Crippen molar-refractivity contribution in [2.75, 3.05) is 26.3 Å². The molecule has 84 valence electrons.